The summed E-state index contributed by atoms with van der Waals surface area (Å²) in [5, 5.41) is 3.08. The summed E-state index contributed by atoms with van der Waals surface area (Å²) in [6.45, 7) is 6.06. The lowest BCUT2D eigenvalue weighted by Crippen LogP contribution is -2.51. The lowest BCUT2D eigenvalue weighted by atomic mass is 10.0. The van der Waals surface area contributed by atoms with E-state index in [2.05, 4.69) is 19.2 Å². The zero-order valence-electron chi connectivity index (χ0n) is 18.4. The van der Waals surface area contributed by atoms with Crippen molar-refractivity contribution in [2.45, 2.75) is 31.2 Å². The van der Waals surface area contributed by atoms with Crippen LogP contribution in [0, 0.1) is 0 Å². The standard InChI is InChI=1S/C23H31N3O4S/c1-18(2)20-7-9-22(10-8-20)31(28,29)26-13-11-25(12-14-26)23(27)17-30-21-6-4-5-19(15-21)16-24-3/h4-10,15,18,24H,11-14,16-17H2,1-3H3. The molecule has 31 heavy (non-hydrogen) atoms. The van der Waals surface area contributed by atoms with Crippen LogP contribution < -0.4 is 10.1 Å². The van der Waals surface area contributed by atoms with E-state index in [0.717, 1.165) is 17.7 Å². The minimum Gasteiger partial charge on any atom is -0.484 e. The summed E-state index contributed by atoms with van der Waals surface area (Å²) in [4.78, 5) is 14.5. The SMILES string of the molecule is CNCc1cccc(OCC(=O)N2CCN(S(=O)(=O)c3ccc(C(C)C)cc3)CC2)c1. The number of rotatable bonds is 8. The normalized spacial score (nSPS) is 15.3. The lowest BCUT2D eigenvalue weighted by molar-refractivity contribution is -0.134. The molecule has 1 amide bonds. The van der Waals surface area contributed by atoms with Gasteiger partial charge in [0.05, 0.1) is 4.90 Å². The molecule has 0 saturated carbocycles. The van der Waals surface area contributed by atoms with Gasteiger partial charge in [-0.1, -0.05) is 38.1 Å². The maximum Gasteiger partial charge on any atom is 0.260 e. The molecule has 8 heteroatoms. The highest BCUT2D eigenvalue weighted by Crippen LogP contribution is 2.21. The van der Waals surface area contributed by atoms with Crippen molar-refractivity contribution < 1.29 is 17.9 Å². The summed E-state index contributed by atoms with van der Waals surface area (Å²) >= 11 is 0. The number of nitrogens with one attached hydrogen (secondary N) is 1. The summed E-state index contributed by atoms with van der Waals surface area (Å²) in [6.07, 6.45) is 0. The molecule has 0 spiro atoms. The Bertz CT molecular complexity index is 982. The predicted octanol–water partition coefficient (Wildman–Crippen LogP) is 2.44. The van der Waals surface area contributed by atoms with Crippen LogP contribution in [0.5, 0.6) is 5.75 Å². The van der Waals surface area contributed by atoms with E-state index >= 15 is 0 Å². The third kappa shape index (κ3) is 5.84. The van der Waals surface area contributed by atoms with Gasteiger partial charge in [-0.15, -0.1) is 0 Å². The van der Waals surface area contributed by atoms with Gasteiger partial charge in [-0.05, 0) is 48.4 Å². The van der Waals surface area contributed by atoms with Gasteiger partial charge < -0.3 is 15.0 Å². The zero-order valence-corrected chi connectivity index (χ0v) is 19.2. The smallest absolute Gasteiger partial charge is 0.260 e. The van der Waals surface area contributed by atoms with E-state index in [1.165, 1.54) is 4.31 Å². The molecule has 168 valence electrons. The van der Waals surface area contributed by atoms with Crippen LogP contribution in [0.25, 0.3) is 0 Å². The van der Waals surface area contributed by atoms with Crippen molar-refractivity contribution in [2.24, 2.45) is 0 Å². The first-order valence-corrected chi connectivity index (χ1v) is 12.0. The van der Waals surface area contributed by atoms with Gasteiger partial charge >= 0.3 is 0 Å². The molecule has 7 nitrogen and oxygen atoms in total. The Morgan fingerprint density at radius 3 is 2.35 bits per heavy atom. The van der Waals surface area contributed by atoms with E-state index < -0.39 is 10.0 Å². The average Bonchev–Trinajstić information content (AvgIpc) is 2.78. The maximum absolute atomic E-state index is 12.9. The van der Waals surface area contributed by atoms with Crippen molar-refractivity contribution >= 4 is 15.9 Å². The highest BCUT2D eigenvalue weighted by atomic mass is 32.2. The molecule has 1 fully saturated rings. The highest BCUT2D eigenvalue weighted by molar-refractivity contribution is 7.89. The van der Waals surface area contributed by atoms with Crippen LogP contribution >= 0.6 is 0 Å². The number of hydrogen-bond donors (Lipinski definition) is 1. The number of nitrogens with zero attached hydrogens (tertiary/aromatic N) is 2. The van der Waals surface area contributed by atoms with Gasteiger partial charge in [0, 0.05) is 32.7 Å². The van der Waals surface area contributed by atoms with Crippen molar-refractivity contribution in [1.82, 2.24) is 14.5 Å². The fourth-order valence-electron chi connectivity index (χ4n) is 3.54. The fourth-order valence-corrected chi connectivity index (χ4v) is 4.96. The number of amides is 1. The van der Waals surface area contributed by atoms with Crippen LogP contribution in [0.4, 0.5) is 0 Å². The number of carbonyl (C=O) groups is 1. The number of ether oxygens (including phenoxy) is 1. The molecular formula is C23H31N3O4S. The minimum absolute atomic E-state index is 0.0631. The second-order valence-corrected chi connectivity index (χ2v) is 9.91. The Labute approximate surface area is 185 Å². The van der Waals surface area contributed by atoms with E-state index in [1.54, 1.807) is 17.0 Å². The van der Waals surface area contributed by atoms with Crippen LogP contribution in [0.1, 0.15) is 30.9 Å². The van der Waals surface area contributed by atoms with Crippen LogP contribution in [-0.2, 0) is 21.4 Å². The molecule has 3 rings (SSSR count). The van der Waals surface area contributed by atoms with Gasteiger partial charge in [-0.2, -0.15) is 4.31 Å². The molecule has 1 aliphatic heterocycles. The van der Waals surface area contributed by atoms with Gasteiger partial charge in [0.1, 0.15) is 5.75 Å². The Balaban J connectivity index is 1.53. The van der Waals surface area contributed by atoms with E-state index in [9.17, 15) is 13.2 Å². The van der Waals surface area contributed by atoms with E-state index in [0.29, 0.717) is 29.7 Å². The fraction of sp³-hybridized carbons (Fsp3) is 0.435. The first-order chi connectivity index (χ1) is 14.8. The Hall–Kier alpha value is -2.42. The van der Waals surface area contributed by atoms with Gasteiger partial charge in [-0.3, -0.25) is 4.79 Å². The molecule has 2 aromatic carbocycles. The molecule has 0 radical (unpaired) electrons. The molecule has 0 bridgehead atoms. The first-order valence-electron chi connectivity index (χ1n) is 10.6. The number of hydrogen-bond acceptors (Lipinski definition) is 5. The van der Waals surface area contributed by atoms with Gasteiger partial charge in [0.2, 0.25) is 10.0 Å². The first kappa shape index (κ1) is 23.2. The largest absolute Gasteiger partial charge is 0.484 e. The zero-order chi connectivity index (χ0) is 22.4. The number of carbonyl (C=O) groups excluding carboxylic acids is 1. The second-order valence-electron chi connectivity index (χ2n) is 7.98. The van der Waals surface area contributed by atoms with E-state index in [4.69, 9.17) is 4.74 Å². The molecule has 1 aliphatic rings. The predicted molar refractivity (Wildman–Crippen MR) is 121 cm³/mol. The number of sulfonamides is 1. The van der Waals surface area contributed by atoms with Crippen LogP contribution in [0.2, 0.25) is 0 Å². The van der Waals surface area contributed by atoms with Gasteiger partial charge in [0.15, 0.2) is 6.61 Å². The summed E-state index contributed by atoms with van der Waals surface area (Å²) in [5.41, 5.74) is 2.18. The third-order valence-corrected chi connectivity index (χ3v) is 7.33. The minimum atomic E-state index is -3.56. The molecule has 2 aromatic rings. The summed E-state index contributed by atoms with van der Waals surface area (Å²) in [5.74, 6) is 0.851. The van der Waals surface area contributed by atoms with Crippen molar-refractivity contribution in [2.75, 3.05) is 39.8 Å². The topological polar surface area (TPSA) is 79.0 Å². The van der Waals surface area contributed by atoms with Crippen molar-refractivity contribution in [3.05, 3.63) is 59.7 Å². The Kier molecular flexibility index (Phi) is 7.69. The molecular weight excluding hydrogens is 414 g/mol. The molecule has 1 N–H and O–H groups in total. The molecule has 1 heterocycles. The van der Waals surface area contributed by atoms with E-state index in [1.807, 2.05) is 43.4 Å². The molecule has 1 saturated heterocycles. The summed E-state index contributed by atoms with van der Waals surface area (Å²) in [7, 11) is -1.69. The number of benzene rings is 2. The second kappa shape index (κ2) is 10.3. The monoisotopic (exact) mass is 445 g/mol. The molecule has 0 atom stereocenters. The van der Waals surface area contributed by atoms with Crippen LogP contribution in [0.15, 0.2) is 53.4 Å². The van der Waals surface area contributed by atoms with Crippen molar-refractivity contribution in [3.8, 4) is 5.75 Å². The van der Waals surface area contributed by atoms with Crippen molar-refractivity contribution in [1.29, 1.82) is 0 Å². The quantitative estimate of drug-likeness (QED) is 0.675. The van der Waals surface area contributed by atoms with Gasteiger partial charge in [-0.25, -0.2) is 8.42 Å². The van der Waals surface area contributed by atoms with Crippen molar-refractivity contribution in [3.63, 3.8) is 0 Å². The summed E-state index contributed by atoms with van der Waals surface area (Å²) in [6, 6.07) is 14.7. The Morgan fingerprint density at radius 1 is 1.06 bits per heavy atom. The average molecular weight is 446 g/mol. The molecule has 0 unspecified atom stereocenters. The van der Waals surface area contributed by atoms with Gasteiger partial charge in [0.25, 0.3) is 5.91 Å². The third-order valence-electron chi connectivity index (χ3n) is 5.42. The Morgan fingerprint density at radius 2 is 1.74 bits per heavy atom. The lowest BCUT2D eigenvalue weighted by Gasteiger charge is -2.34. The highest BCUT2D eigenvalue weighted by Gasteiger charge is 2.30. The number of piperazine rings is 1. The van der Waals surface area contributed by atoms with Crippen LogP contribution in [0.3, 0.4) is 0 Å². The summed E-state index contributed by atoms with van der Waals surface area (Å²) < 4.78 is 33.0. The van der Waals surface area contributed by atoms with E-state index in [-0.39, 0.29) is 25.6 Å². The molecule has 0 aliphatic carbocycles. The maximum atomic E-state index is 12.9. The van der Waals surface area contributed by atoms with Crippen LogP contribution in [-0.4, -0.2) is 63.4 Å². The molecule has 0 aromatic heterocycles.